The summed E-state index contributed by atoms with van der Waals surface area (Å²) in [5.74, 6) is -0.544. The normalized spacial score (nSPS) is 25.8. The zero-order valence-electron chi connectivity index (χ0n) is 9.40. The highest BCUT2D eigenvalue weighted by molar-refractivity contribution is 5.86. The molecule has 1 saturated heterocycles. The highest BCUT2D eigenvalue weighted by Gasteiger charge is 2.39. The Labute approximate surface area is 89.6 Å². The number of carbonyl (C=O) groups excluding carboxylic acids is 2. The van der Waals surface area contributed by atoms with Gasteiger partial charge in [-0.2, -0.15) is 0 Å². The Kier molecular flexibility index (Phi) is 3.68. The monoisotopic (exact) mass is 214 g/mol. The molecule has 5 nitrogen and oxygen atoms in total. The highest BCUT2D eigenvalue weighted by Crippen LogP contribution is 2.20. The maximum Gasteiger partial charge on any atom is 0.328 e. The average molecular weight is 214 g/mol. The second kappa shape index (κ2) is 4.61. The fraction of sp³-hybridized carbons (Fsp3) is 0.800. The van der Waals surface area contributed by atoms with E-state index in [-0.39, 0.29) is 23.8 Å². The van der Waals surface area contributed by atoms with E-state index in [1.807, 2.05) is 0 Å². The van der Waals surface area contributed by atoms with Crippen molar-refractivity contribution in [3.8, 4) is 0 Å². The number of nitrogens with two attached hydrogens (primary N) is 1. The molecule has 0 aromatic carbocycles. The van der Waals surface area contributed by atoms with Gasteiger partial charge >= 0.3 is 5.97 Å². The van der Waals surface area contributed by atoms with Crippen LogP contribution in [-0.4, -0.2) is 42.5 Å². The van der Waals surface area contributed by atoms with Gasteiger partial charge in [0.1, 0.15) is 6.04 Å². The van der Waals surface area contributed by atoms with Gasteiger partial charge in [0, 0.05) is 18.5 Å². The maximum atomic E-state index is 11.8. The van der Waals surface area contributed by atoms with Gasteiger partial charge in [-0.05, 0) is 6.42 Å². The quantitative estimate of drug-likeness (QED) is 0.643. The van der Waals surface area contributed by atoms with Crippen molar-refractivity contribution in [2.24, 2.45) is 11.7 Å². The van der Waals surface area contributed by atoms with Gasteiger partial charge in [-0.3, -0.25) is 4.79 Å². The van der Waals surface area contributed by atoms with Crippen LogP contribution >= 0.6 is 0 Å². The topological polar surface area (TPSA) is 72.6 Å². The van der Waals surface area contributed by atoms with E-state index in [0.29, 0.717) is 13.0 Å². The summed E-state index contributed by atoms with van der Waals surface area (Å²) in [6, 6.07) is -0.628. The summed E-state index contributed by atoms with van der Waals surface area (Å²) in [6.45, 7) is 4.05. The first kappa shape index (κ1) is 12.0. The van der Waals surface area contributed by atoms with Crippen molar-refractivity contribution in [3.63, 3.8) is 0 Å². The zero-order valence-corrected chi connectivity index (χ0v) is 9.40. The number of hydrogen-bond acceptors (Lipinski definition) is 4. The molecule has 0 aromatic heterocycles. The first-order chi connectivity index (χ1) is 6.97. The molecule has 15 heavy (non-hydrogen) atoms. The molecule has 2 atom stereocenters. The van der Waals surface area contributed by atoms with Gasteiger partial charge in [-0.25, -0.2) is 4.79 Å². The third-order valence-electron chi connectivity index (χ3n) is 2.58. The lowest BCUT2D eigenvalue weighted by Gasteiger charge is -2.24. The molecule has 1 fully saturated rings. The van der Waals surface area contributed by atoms with Gasteiger partial charge in [0.2, 0.25) is 5.91 Å². The SMILES string of the molecule is COC(=O)[C@@H]1C[C@H](N)CN1C(=O)C(C)C. The Morgan fingerprint density at radius 1 is 1.47 bits per heavy atom. The Bertz CT molecular complexity index is 265. The van der Waals surface area contributed by atoms with Crippen LogP contribution in [-0.2, 0) is 14.3 Å². The fourth-order valence-corrected chi connectivity index (χ4v) is 1.80. The van der Waals surface area contributed by atoms with Gasteiger partial charge in [-0.15, -0.1) is 0 Å². The lowest BCUT2D eigenvalue weighted by molar-refractivity contribution is -0.152. The number of amides is 1. The molecule has 0 spiro atoms. The van der Waals surface area contributed by atoms with E-state index in [1.54, 1.807) is 13.8 Å². The maximum absolute atomic E-state index is 11.8. The molecule has 0 bridgehead atoms. The molecule has 0 saturated carbocycles. The van der Waals surface area contributed by atoms with Crippen molar-refractivity contribution >= 4 is 11.9 Å². The summed E-state index contributed by atoms with van der Waals surface area (Å²) in [4.78, 5) is 24.7. The lowest BCUT2D eigenvalue weighted by Crippen LogP contribution is -2.43. The summed E-state index contributed by atoms with van der Waals surface area (Å²) in [6.07, 6.45) is 0.491. The minimum atomic E-state index is -0.500. The first-order valence-corrected chi connectivity index (χ1v) is 5.11. The van der Waals surface area contributed by atoms with Gasteiger partial charge in [0.05, 0.1) is 7.11 Å². The van der Waals surface area contributed by atoms with Crippen molar-refractivity contribution < 1.29 is 14.3 Å². The molecule has 1 aliphatic rings. The van der Waals surface area contributed by atoms with Crippen molar-refractivity contribution in [2.45, 2.75) is 32.4 Å². The number of carbonyl (C=O) groups is 2. The van der Waals surface area contributed by atoms with Crippen LogP contribution in [0, 0.1) is 5.92 Å². The molecule has 0 radical (unpaired) electrons. The smallest absolute Gasteiger partial charge is 0.328 e. The van der Waals surface area contributed by atoms with Gasteiger partial charge in [0.15, 0.2) is 0 Å². The third kappa shape index (κ3) is 2.47. The van der Waals surface area contributed by atoms with Crippen LogP contribution in [0.2, 0.25) is 0 Å². The van der Waals surface area contributed by atoms with Crippen molar-refractivity contribution in [1.29, 1.82) is 0 Å². The zero-order chi connectivity index (χ0) is 11.6. The Hall–Kier alpha value is -1.10. The van der Waals surface area contributed by atoms with E-state index in [2.05, 4.69) is 4.74 Å². The van der Waals surface area contributed by atoms with Crippen LogP contribution in [0.1, 0.15) is 20.3 Å². The summed E-state index contributed by atoms with van der Waals surface area (Å²) >= 11 is 0. The van der Waals surface area contributed by atoms with E-state index >= 15 is 0 Å². The average Bonchev–Trinajstić information content (AvgIpc) is 2.57. The van der Waals surface area contributed by atoms with Gasteiger partial charge in [0.25, 0.3) is 0 Å². The summed E-state index contributed by atoms with van der Waals surface area (Å²) < 4.78 is 4.65. The molecule has 1 amide bonds. The Balaban J connectivity index is 2.77. The van der Waals surface area contributed by atoms with Crippen LogP contribution in [0.15, 0.2) is 0 Å². The molecule has 86 valence electrons. The number of esters is 1. The minimum Gasteiger partial charge on any atom is -0.467 e. The van der Waals surface area contributed by atoms with Crippen LogP contribution in [0.5, 0.6) is 0 Å². The molecule has 0 unspecified atom stereocenters. The van der Waals surface area contributed by atoms with E-state index < -0.39 is 6.04 Å². The molecule has 1 rings (SSSR count). The third-order valence-corrected chi connectivity index (χ3v) is 2.58. The lowest BCUT2D eigenvalue weighted by atomic mass is 10.1. The predicted molar refractivity (Wildman–Crippen MR) is 54.9 cm³/mol. The molecular weight excluding hydrogens is 196 g/mol. The van der Waals surface area contributed by atoms with Crippen molar-refractivity contribution in [3.05, 3.63) is 0 Å². The second-order valence-corrected chi connectivity index (χ2v) is 4.18. The van der Waals surface area contributed by atoms with E-state index in [0.717, 1.165) is 0 Å². The van der Waals surface area contributed by atoms with E-state index in [9.17, 15) is 9.59 Å². The van der Waals surface area contributed by atoms with Crippen LogP contribution < -0.4 is 5.73 Å². The largest absolute Gasteiger partial charge is 0.467 e. The van der Waals surface area contributed by atoms with E-state index in [1.165, 1.54) is 12.0 Å². The second-order valence-electron chi connectivity index (χ2n) is 4.18. The number of likely N-dealkylation sites (tertiary alicyclic amines) is 1. The molecular formula is C10H18N2O3. The molecule has 2 N–H and O–H groups in total. The van der Waals surface area contributed by atoms with E-state index in [4.69, 9.17) is 5.73 Å². The molecule has 1 aliphatic heterocycles. The van der Waals surface area contributed by atoms with Crippen LogP contribution in [0.3, 0.4) is 0 Å². The number of hydrogen-bond donors (Lipinski definition) is 1. The van der Waals surface area contributed by atoms with Gasteiger partial charge in [-0.1, -0.05) is 13.8 Å². The summed E-state index contributed by atoms with van der Waals surface area (Å²) in [5, 5.41) is 0. The summed E-state index contributed by atoms with van der Waals surface area (Å²) in [5.41, 5.74) is 5.74. The molecule has 0 aliphatic carbocycles. The number of rotatable bonds is 2. The number of ether oxygens (including phenoxy) is 1. The Morgan fingerprint density at radius 3 is 2.53 bits per heavy atom. The van der Waals surface area contributed by atoms with Crippen LogP contribution in [0.25, 0.3) is 0 Å². The van der Waals surface area contributed by atoms with Crippen molar-refractivity contribution in [1.82, 2.24) is 4.90 Å². The summed E-state index contributed by atoms with van der Waals surface area (Å²) in [7, 11) is 1.32. The van der Waals surface area contributed by atoms with Gasteiger partial charge < -0.3 is 15.4 Å². The minimum absolute atomic E-state index is 0.0432. The Morgan fingerprint density at radius 2 is 2.07 bits per heavy atom. The van der Waals surface area contributed by atoms with Crippen molar-refractivity contribution in [2.75, 3.05) is 13.7 Å². The fourth-order valence-electron chi connectivity index (χ4n) is 1.80. The predicted octanol–water partition coefficient (Wildman–Crippen LogP) is -0.256. The molecule has 1 heterocycles. The first-order valence-electron chi connectivity index (χ1n) is 5.11. The standard InChI is InChI=1S/C10H18N2O3/c1-6(2)9(13)12-5-7(11)4-8(12)10(14)15-3/h6-8H,4-5,11H2,1-3H3/t7-,8-/m0/s1. The van der Waals surface area contributed by atoms with Crippen LogP contribution in [0.4, 0.5) is 0 Å². The number of methoxy groups -OCH3 is 1. The molecule has 5 heteroatoms. The number of nitrogens with zero attached hydrogens (tertiary/aromatic N) is 1. The highest BCUT2D eigenvalue weighted by atomic mass is 16.5. The molecule has 0 aromatic rings.